The Bertz CT molecular complexity index is 1740. The average molecular weight is 570 g/mol. The number of rotatable bonds is 6. The van der Waals surface area contributed by atoms with Crippen LogP contribution in [0, 0.1) is 13.8 Å². The molecule has 1 aliphatic heterocycles. The van der Waals surface area contributed by atoms with Crippen molar-refractivity contribution in [2.45, 2.75) is 26.3 Å². The van der Waals surface area contributed by atoms with Crippen molar-refractivity contribution >= 4 is 46.0 Å². The average Bonchev–Trinajstić information content (AvgIpc) is 3.51. The summed E-state index contributed by atoms with van der Waals surface area (Å²) in [5.41, 5.74) is 8.08. The molecule has 40 heavy (non-hydrogen) atoms. The van der Waals surface area contributed by atoms with Crippen molar-refractivity contribution in [1.82, 2.24) is 25.6 Å². The number of imidazole rings is 1. The molecule has 0 radical (unpaired) electrons. The van der Waals surface area contributed by atoms with Gasteiger partial charge in [-0.3, -0.25) is 14.6 Å². The quantitative estimate of drug-likeness (QED) is 0.221. The SMILES string of the molecule is Cc1cc2nc(C(CNC(=O)c3c(Cl)cc(-c4cnc5c(c4)CNC5=O)cc3Cl)c3ccccc3)[nH]c2cc1C. The molecule has 7 nitrogen and oxygen atoms in total. The number of H-pyrrole nitrogens is 1. The number of carbonyl (C=O) groups excluding carboxylic acids is 2. The van der Waals surface area contributed by atoms with E-state index in [0.717, 1.165) is 33.5 Å². The fourth-order valence-corrected chi connectivity index (χ4v) is 5.68. The minimum Gasteiger partial charge on any atom is -0.351 e. The first-order valence-corrected chi connectivity index (χ1v) is 13.6. The molecule has 3 aromatic carbocycles. The highest BCUT2D eigenvalue weighted by Gasteiger charge is 2.24. The van der Waals surface area contributed by atoms with Gasteiger partial charge >= 0.3 is 0 Å². The zero-order valence-electron chi connectivity index (χ0n) is 21.8. The Labute approximate surface area is 241 Å². The number of aryl methyl sites for hydroxylation is 2. The number of aromatic amines is 1. The normalized spacial score (nSPS) is 13.2. The standard InChI is InChI=1S/C31H25Cl2N5O2/c1-16-8-25-26(9-17(16)2)38-29(37-25)22(18-6-4-3-5-7-18)15-36-30(39)27-23(32)11-19(12-24(27)33)20-10-21-14-35-31(40)28(21)34-13-20/h3-13,22H,14-15H2,1-2H3,(H,35,40)(H,36,39)(H,37,38). The first-order chi connectivity index (χ1) is 19.3. The molecular weight excluding hydrogens is 545 g/mol. The monoisotopic (exact) mass is 569 g/mol. The Balaban J connectivity index is 1.27. The largest absolute Gasteiger partial charge is 0.351 e. The Kier molecular flexibility index (Phi) is 6.78. The molecule has 200 valence electrons. The van der Waals surface area contributed by atoms with Crippen LogP contribution in [0.5, 0.6) is 0 Å². The summed E-state index contributed by atoms with van der Waals surface area (Å²) in [6.45, 7) is 4.84. The van der Waals surface area contributed by atoms with Crippen molar-refractivity contribution in [2.24, 2.45) is 0 Å². The molecule has 3 heterocycles. The van der Waals surface area contributed by atoms with Crippen LogP contribution < -0.4 is 10.6 Å². The number of fused-ring (bicyclic) bond motifs is 2. The van der Waals surface area contributed by atoms with Gasteiger partial charge in [0.05, 0.1) is 32.6 Å². The van der Waals surface area contributed by atoms with Crippen LogP contribution in [-0.2, 0) is 6.54 Å². The number of nitrogens with one attached hydrogen (secondary N) is 3. The summed E-state index contributed by atoms with van der Waals surface area (Å²) in [6, 6.07) is 19.3. The van der Waals surface area contributed by atoms with E-state index in [1.54, 1.807) is 18.3 Å². The summed E-state index contributed by atoms with van der Waals surface area (Å²) in [5.74, 6) is -0.0293. The van der Waals surface area contributed by atoms with Crippen LogP contribution in [0.25, 0.3) is 22.2 Å². The van der Waals surface area contributed by atoms with Crippen LogP contribution >= 0.6 is 23.2 Å². The Morgan fingerprint density at radius 2 is 1.73 bits per heavy atom. The van der Waals surface area contributed by atoms with Gasteiger partial charge in [-0.1, -0.05) is 53.5 Å². The lowest BCUT2D eigenvalue weighted by Crippen LogP contribution is -2.29. The van der Waals surface area contributed by atoms with Gasteiger partial charge in [0, 0.05) is 30.4 Å². The predicted molar refractivity (Wildman–Crippen MR) is 157 cm³/mol. The number of hydrogen-bond donors (Lipinski definition) is 3. The van der Waals surface area contributed by atoms with Crippen molar-refractivity contribution in [3.63, 3.8) is 0 Å². The van der Waals surface area contributed by atoms with Crippen LogP contribution in [0.2, 0.25) is 10.0 Å². The third kappa shape index (κ3) is 4.83. The molecule has 0 saturated carbocycles. The highest BCUT2D eigenvalue weighted by molar-refractivity contribution is 6.40. The van der Waals surface area contributed by atoms with Gasteiger partial charge in [0.2, 0.25) is 0 Å². The van der Waals surface area contributed by atoms with Crippen molar-refractivity contribution in [3.05, 3.63) is 116 Å². The molecule has 0 aliphatic carbocycles. The van der Waals surface area contributed by atoms with E-state index in [-0.39, 0.29) is 39.9 Å². The fraction of sp³-hybridized carbons (Fsp3) is 0.161. The zero-order valence-corrected chi connectivity index (χ0v) is 23.3. The Morgan fingerprint density at radius 3 is 2.48 bits per heavy atom. The number of carbonyl (C=O) groups is 2. The number of hydrogen-bond acceptors (Lipinski definition) is 4. The lowest BCUT2D eigenvalue weighted by atomic mass is 9.98. The third-order valence-corrected chi connectivity index (χ3v) is 7.93. The summed E-state index contributed by atoms with van der Waals surface area (Å²) in [6.07, 6.45) is 1.60. The van der Waals surface area contributed by atoms with E-state index in [4.69, 9.17) is 28.2 Å². The minimum absolute atomic E-state index is 0.189. The molecule has 1 unspecified atom stereocenters. The smallest absolute Gasteiger partial charge is 0.270 e. The summed E-state index contributed by atoms with van der Waals surface area (Å²) in [7, 11) is 0. The van der Waals surface area contributed by atoms with E-state index >= 15 is 0 Å². The predicted octanol–water partition coefficient (Wildman–Crippen LogP) is 6.35. The van der Waals surface area contributed by atoms with E-state index < -0.39 is 0 Å². The molecule has 9 heteroatoms. The Hall–Kier alpha value is -4.20. The van der Waals surface area contributed by atoms with Gasteiger partial charge in [-0.25, -0.2) is 4.98 Å². The van der Waals surface area contributed by atoms with Crippen molar-refractivity contribution in [1.29, 1.82) is 0 Å². The van der Waals surface area contributed by atoms with Gasteiger partial charge in [-0.15, -0.1) is 0 Å². The molecule has 0 bridgehead atoms. The van der Waals surface area contributed by atoms with Crippen LogP contribution in [0.1, 0.15) is 54.8 Å². The van der Waals surface area contributed by atoms with Crippen molar-refractivity contribution in [2.75, 3.05) is 6.54 Å². The lowest BCUT2D eigenvalue weighted by molar-refractivity contribution is 0.0947. The molecule has 6 rings (SSSR count). The molecule has 1 atom stereocenters. The summed E-state index contributed by atoms with van der Waals surface area (Å²) in [4.78, 5) is 37.8. The van der Waals surface area contributed by atoms with Gasteiger partial charge in [0.15, 0.2) is 0 Å². The second kappa shape index (κ2) is 10.4. The maximum atomic E-state index is 13.4. The maximum Gasteiger partial charge on any atom is 0.270 e. The topological polar surface area (TPSA) is 99.8 Å². The fourth-order valence-electron chi connectivity index (χ4n) is 5.02. The van der Waals surface area contributed by atoms with Crippen LogP contribution in [0.3, 0.4) is 0 Å². The van der Waals surface area contributed by atoms with Crippen molar-refractivity contribution in [3.8, 4) is 11.1 Å². The first kappa shape index (κ1) is 26.0. The number of halogens is 2. The summed E-state index contributed by atoms with van der Waals surface area (Å²) in [5, 5.41) is 6.22. The lowest BCUT2D eigenvalue weighted by Gasteiger charge is -2.17. The molecule has 0 spiro atoms. The summed E-state index contributed by atoms with van der Waals surface area (Å²) < 4.78 is 0. The molecule has 2 amide bonds. The van der Waals surface area contributed by atoms with Gasteiger partial charge < -0.3 is 15.6 Å². The van der Waals surface area contributed by atoms with Crippen LogP contribution in [0.15, 0.2) is 66.9 Å². The highest BCUT2D eigenvalue weighted by Crippen LogP contribution is 2.33. The van der Waals surface area contributed by atoms with Gasteiger partial charge in [0.25, 0.3) is 11.8 Å². The molecule has 0 fully saturated rings. The van der Waals surface area contributed by atoms with E-state index in [9.17, 15) is 9.59 Å². The number of aromatic nitrogens is 3. The number of pyridine rings is 1. The molecule has 3 N–H and O–H groups in total. The second-order valence-electron chi connectivity index (χ2n) is 9.98. The van der Waals surface area contributed by atoms with Gasteiger partial charge in [-0.2, -0.15) is 0 Å². The van der Waals surface area contributed by atoms with E-state index in [0.29, 0.717) is 17.8 Å². The molecule has 5 aromatic rings. The van der Waals surface area contributed by atoms with E-state index in [1.807, 2.05) is 36.4 Å². The molecular formula is C31H25Cl2N5O2. The Morgan fingerprint density at radius 1 is 1.00 bits per heavy atom. The molecule has 1 aliphatic rings. The maximum absolute atomic E-state index is 13.4. The number of nitrogens with zero attached hydrogens (tertiary/aromatic N) is 2. The number of benzene rings is 3. The van der Waals surface area contributed by atoms with E-state index in [2.05, 4.69) is 46.6 Å². The van der Waals surface area contributed by atoms with Crippen LogP contribution in [0.4, 0.5) is 0 Å². The van der Waals surface area contributed by atoms with E-state index in [1.165, 1.54) is 11.1 Å². The third-order valence-electron chi connectivity index (χ3n) is 7.34. The first-order valence-electron chi connectivity index (χ1n) is 12.8. The molecule has 2 aromatic heterocycles. The highest BCUT2D eigenvalue weighted by atomic mass is 35.5. The minimum atomic E-state index is -0.382. The zero-order chi connectivity index (χ0) is 28.0. The number of amides is 2. The summed E-state index contributed by atoms with van der Waals surface area (Å²) >= 11 is 13.2. The van der Waals surface area contributed by atoms with Gasteiger partial charge in [-0.05, 0) is 66.4 Å². The van der Waals surface area contributed by atoms with Crippen LogP contribution in [-0.4, -0.2) is 33.3 Å². The van der Waals surface area contributed by atoms with Gasteiger partial charge in [0.1, 0.15) is 11.5 Å². The molecule has 0 saturated heterocycles. The van der Waals surface area contributed by atoms with Crippen molar-refractivity contribution < 1.29 is 9.59 Å². The second-order valence-corrected chi connectivity index (χ2v) is 10.8.